The minimum absolute atomic E-state index is 0.0851. The number of aryl methyl sites for hydroxylation is 1. The third kappa shape index (κ3) is 3.09. The second-order valence-corrected chi connectivity index (χ2v) is 4.88. The first kappa shape index (κ1) is 12.6. The van der Waals surface area contributed by atoms with Gasteiger partial charge in [0.15, 0.2) is 0 Å². The summed E-state index contributed by atoms with van der Waals surface area (Å²) in [4.78, 5) is 0. The Morgan fingerprint density at radius 2 is 1.72 bits per heavy atom. The van der Waals surface area contributed by atoms with E-state index in [0.29, 0.717) is 0 Å². The Bertz CT molecular complexity index is 648. The van der Waals surface area contributed by atoms with E-state index in [0.717, 1.165) is 16.7 Å². The van der Waals surface area contributed by atoms with E-state index in [1.165, 1.54) is 6.07 Å². The molecule has 0 spiro atoms. The van der Waals surface area contributed by atoms with Gasteiger partial charge in [-0.15, -0.1) is 0 Å². The Labute approximate surface area is 106 Å². The Kier molecular flexibility index (Phi) is 3.36. The van der Waals surface area contributed by atoms with Gasteiger partial charge in [0.1, 0.15) is 5.75 Å². The number of hydrogen-bond acceptors (Lipinski definition) is 3. The molecular weight excluding hydrogens is 252 g/mol. The minimum atomic E-state index is -4.49. The first-order chi connectivity index (χ1) is 8.46. The van der Waals surface area contributed by atoms with E-state index < -0.39 is 10.4 Å². The molecule has 5 heteroatoms. The molecule has 0 aromatic heterocycles. The van der Waals surface area contributed by atoms with Crippen LogP contribution in [0.3, 0.4) is 0 Å². The highest BCUT2D eigenvalue weighted by molar-refractivity contribution is 7.81. The predicted molar refractivity (Wildman–Crippen MR) is 68.8 cm³/mol. The van der Waals surface area contributed by atoms with Gasteiger partial charge < -0.3 is 4.18 Å². The van der Waals surface area contributed by atoms with Crippen LogP contribution in [0.15, 0.2) is 48.5 Å². The Balaban J connectivity index is 2.46. The van der Waals surface area contributed by atoms with Crippen LogP contribution in [0.1, 0.15) is 5.56 Å². The Hall–Kier alpha value is -1.85. The van der Waals surface area contributed by atoms with Crippen molar-refractivity contribution in [3.63, 3.8) is 0 Å². The van der Waals surface area contributed by atoms with Crippen molar-refractivity contribution in [2.45, 2.75) is 6.92 Å². The van der Waals surface area contributed by atoms with Crippen molar-refractivity contribution in [2.75, 3.05) is 0 Å². The summed E-state index contributed by atoms with van der Waals surface area (Å²) in [5.41, 5.74) is 2.80. The van der Waals surface area contributed by atoms with Gasteiger partial charge in [-0.05, 0) is 35.7 Å². The zero-order valence-corrected chi connectivity index (χ0v) is 10.5. The quantitative estimate of drug-likeness (QED) is 0.866. The van der Waals surface area contributed by atoms with Crippen LogP contribution in [-0.4, -0.2) is 13.0 Å². The van der Waals surface area contributed by atoms with E-state index in [1.54, 1.807) is 12.1 Å². The highest BCUT2D eigenvalue weighted by atomic mass is 32.3. The van der Waals surface area contributed by atoms with E-state index >= 15 is 0 Å². The van der Waals surface area contributed by atoms with Gasteiger partial charge in [0, 0.05) is 0 Å². The normalized spacial score (nSPS) is 11.2. The molecular formula is C13H12O4S. The molecule has 0 unspecified atom stereocenters. The van der Waals surface area contributed by atoms with Crippen molar-refractivity contribution >= 4 is 10.4 Å². The Morgan fingerprint density at radius 1 is 1.06 bits per heavy atom. The molecule has 2 aromatic rings. The fourth-order valence-corrected chi connectivity index (χ4v) is 2.05. The summed E-state index contributed by atoms with van der Waals surface area (Å²) in [6.45, 7) is 1.92. The van der Waals surface area contributed by atoms with Crippen molar-refractivity contribution < 1.29 is 17.2 Å². The maximum atomic E-state index is 10.7. The van der Waals surface area contributed by atoms with Crippen molar-refractivity contribution in [2.24, 2.45) is 0 Å². The highest BCUT2D eigenvalue weighted by Crippen LogP contribution is 2.27. The second-order valence-electron chi connectivity index (χ2n) is 3.85. The molecule has 0 saturated heterocycles. The van der Waals surface area contributed by atoms with Crippen LogP contribution in [0.4, 0.5) is 0 Å². The lowest BCUT2D eigenvalue weighted by Gasteiger charge is -2.08. The lowest BCUT2D eigenvalue weighted by molar-refractivity contribution is 0.387. The lowest BCUT2D eigenvalue weighted by atomic mass is 10.0. The van der Waals surface area contributed by atoms with E-state index in [1.807, 2.05) is 37.3 Å². The van der Waals surface area contributed by atoms with E-state index in [9.17, 15) is 8.42 Å². The van der Waals surface area contributed by atoms with Crippen LogP contribution < -0.4 is 4.18 Å². The molecule has 0 aliphatic heterocycles. The number of rotatable bonds is 3. The van der Waals surface area contributed by atoms with Crippen LogP contribution in [0.25, 0.3) is 11.1 Å². The predicted octanol–water partition coefficient (Wildman–Crippen LogP) is 2.84. The third-order valence-electron chi connectivity index (χ3n) is 2.50. The van der Waals surface area contributed by atoms with Gasteiger partial charge in [0.2, 0.25) is 0 Å². The van der Waals surface area contributed by atoms with Crippen molar-refractivity contribution in [1.29, 1.82) is 0 Å². The molecule has 0 bridgehead atoms. The molecule has 0 aliphatic carbocycles. The van der Waals surface area contributed by atoms with Gasteiger partial charge in [-0.1, -0.05) is 36.4 Å². The van der Waals surface area contributed by atoms with Crippen LogP contribution in [-0.2, 0) is 10.4 Å². The summed E-state index contributed by atoms with van der Waals surface area (Å²) < 4.78 is 34.4. The maximum absolute atomic E-state index is 10.7. The molecule has 0 aliphatic rings. The van der Waals surface area contributed by atoms with E-state index in [2.05, 4.69) is 4.18 Å². The SMILES string of the molecule is Cc1ccc(OS(=O)(=O)O)cc1-c1ccccc1. The lowest BCUT2D eigenvalue weighted by Crippen LogP contribution is -2.06. The van der Waals surface area contributed by atoms with Crippen molar-refractivity contribution in [3.05, 3.63) is 54.1 Å². The van der Waals surface area contributed by atoms with Crippen LogP contribution >= 0.6 is 0 Å². The monoisotopic (exact) mass is 264 g/mol. The molecule has 0 heterocycles. The molecule has 2 rings (SSSR count). The molecule has 0 radical (unpaired) electrons. The molecule has 0 amide bonds. The average Bonchev–Trinajstić information content (AvgIpc) is 2.31. The van der Waals surface area contributed by atoms with Crippen LogP contribution in [0.5, 0.6) is 5.75 Å². The summed E-state index contributed by atoms with van der Waals surface area (Å²) in [6.07, 6.45) is 0. The molecule has 0 atom stereocenters. The minimum Gasteiger partial charge on any atom is -0.362 e. The fraction of sp³-hybridized carbons (Fsp3) is 0.0769. The zero-order chi connectivity index (χ0) is 13.2. The maximum Gasteiger partial charge on any atom is 0.446 e. The van der Waals surface area contributed by atoms with Crippen molar-refractivity contribution in [1.82, 2.24) is 0 Å². The number of hydrogen-bond donors (Lipinski definition) is 1. The first-order valence-corrected chi connectivity index (χ1v) is 6.65. The molecule has 2 aromatic carbocycles. The fourth-order valence-electron chi connectivity index (χ4n) is 1.70. The Morgan fingerprint density at radius 3 is 2.33 bits per heavy atom. The summed E-state index contributed by atoms with van der Waals surface area (Å²) >= 11 is 0. The molecule has 4 nitrogen and oxygen atoms in total. The van der Waals surface area contributed by atoms with Gasteiger partial charge in [0.05, 0.1) is 0 Å². The van der Waals surface area contributed by atoms with Gasteiger partial charge >= 0.3 is 10.4 Å². The van der Waals surface area contributed by atoms with Gasteiger partial charge in [-0.3, -0.25) is 4.55 Å². The topological polar surface area (TPSA) is 63.6 Å². The molecule has 0 saturated carbocycles. The van der Waals surface area contributed by atoms with E-state index in [4.69, 9.17) is 4.55 Å². The number of benzene rings is 2. The average molecular weight is 264 g/mol. The molecule has 1 N–H and O–H groups in total. The molecule has 18 heavy (non-hydrogen) atoms. The van der Waals surface area contributed by atoms with Crippen LogP contribution in [0.2, 0.25) is 0 Å². The summed E-state index contributed by atoms with van der Waals surface area (Å²) in [5.74, 6) is 0.0851. The second kappa shape index (κ2) is 4.80. The zero-order valence-electron chi connectivity index (χ0n) is 9.70. The highest BCUT2D eigenvalue weighted by Gasteiger charge is 2.09. The van der Waals surface area contributed by atoms with Gasteiger partial charge in [-0.25, -0.2) is 0 Å². The smallest absolute Gasteiger partial charge is 0.362 e. The third-order valence-corrected chi connectivity index (χ3v) is 2.90. The van der Waals surface area contributed by atoms with E-state index in [-0.39, 0.29) is 5.75 Å². The molecule has 94 valence electrons. The summed E-state index contributed by atoms with van der Waals surface area (Å²) in [5, 5.41) is 0. The summed E-state index contributed by atoms with van der Waals surface area (Å²) in [6, 6.07) is 14.3. The van der Waals surface area contributed by atoms with Gasteiger partial charge in [0.25, 0.3) is 0 Å². The van der Waals surface area contributed by atoms with Crippen molar-refractivity contribution in [3.8, 4) is 16.9 Å². The summed E-state index contributed by atoms with van der Waals surface area (Å²) in [7, 11) is -4.49. The molecule has 0 fully saturated rings. The van der Waals surface area contributed by atoms with Crippen LogP contribution in [0, 0.1) is 6.92 Å². The van der Waals surface area contributed by atoms with Gasteiger partial charge in [-0.2, -0.15) is 8.42 Å². The standard InChI is InChI=1S/C13H12O4S/c1-10-7-8-12(17-18(14,15)16)9-13(10)11-5-3-2-4-6-11/h2-9H,1H3,(H,14,15,16). The first-order valence-electron chi connectivity index (χ1n) is 5.29. The largest absolute Gasteiger partial charge is 0.446 e.